The summed E-state index contributed by atoms with van der Waals surface area (Å²) < 4.78 is 6.92. The number of aryl methyl sites for hydroxylation is 2. The molecule has 0 aliphatic heterocycles. The van der Waals surface area contributed by atoms with Crippen LogP contribution >= 0.6 is 11.3 Å². The highest BCUT2D eigenvalue weighted by molar-refractivity contribution is 7.19. The quantitative estimate of drug-likeness (QED) is 0.442. The first-order chi connectivity index (χ1) is 15.5. The van der Waals surface area contributed by atoms with Crippen molar-refractivity contribution in [2.45, 2.75) is 13.8 Å². The molecule has 0 bridgehead atoms. The number of carbonyl (C=O) groups is 2. The van der Waals surface area contributed by atoms with Gasteiger partial charge in [0.1, 0.15) is 5.69 Å². The molecular formula is C23H21N5O3S. The summed E-state index contributed by atoms with van der Waals surface area (Å²) in [5, 5.41) is 3.26. The fourth-order valence-electron chi connectivity index (χ4n) is 3.17. The molecule has 4 rings (SSSR count). The van der Waals surface area contributed by atoms with Gasteiger partial charge in [0.05, 0.1) is 28.4 Å². The molecular weight excluding hydrogens is 426 g/mol. The minimum atomic E-state index is -0.461. The number of hydrogen-bond acceptors (Lipinski definition) is 7. The molecule has 0 fully saturated rings. The van der Waals surface area contributed by atoms with E-state index in [2.05, 4.69) is 20.3 Å². The van der Waals surface area contributed by atoms with Gasteiger partial charge in [0, 0.05) is 25.0 Å². The van der Waals surface area contributed by atoms with Crippen molar-refractivity contribution >= 4 is 28.3 Å². The first kappa shape index (κ1) is 21.4. The molecule has 1 amide bonds. The Hall–Kier alpha value is -3.85. The Morgan fingerprint density at radius 1 is 1.12 bits per heavy atom. The highest BCUT2D eigenvalue weighted by Gasteiger charge is 2.20. The summed E-state index contributed by atoms with van der Waals surface area (Å²) in [5.74, 6) is -0.116. The number of thiazole rings is 1. The van der Waals surface area contributed by atoms with Crippen molar-refractivity contribution < 1.29 is 14.3 Å². The summed E-state index contributed by atoms with van der Waals surface area (Å²) in [5.41, 5.74) is 2.61. The number of nitrogens with zero attached hydrogens (tertiary/aromatic N) is 4. The topological polar surface area (TPSA) is 99.0 Å². The van der Waals surface area contributed by atoms with Crippen LogP contribution in [0.2, 0.25) is 0 Å². The number of benzene rings is 1. The van der Waals surface area contributed by atoms with Crippen LogP contribution in [-0.4, -0.2) is 38.0 Å². The smallest absolute Gasteiger partial charge is 0.339 e. The van der Waals surface area contributed by atoms with Gasteiger partial charge in [-0.1, -0.05) is 41.7 Å². The van der Waals surface area contributed by atoms with E-state index in [4.69, 9.17) is 4.74 Å². The summed E-state index contributed by atoms with van der Waals surface area (Å²) in [7, 11) is 1.91. The molecule has 0 atom stereocenters. The first-order valence-electron chi connectivity index (χ1n) is 9.98. The van der Waals surface area contributed by atoms with Crippen LogP contribution in [0.25, 0.3) is 22.0 Å². The largest absolute Gasteiger partial charge is 0.462 e. The molecule has 1 N–H and O–H groups in total. The SMILES string of the molecule is CCOC(=O)c1ccc(C(=O)Nc2nc(-c3ccccc3)c(-c3nccn3C)s2)nc1C. The molecule has 8 nitrogen and oxygen atoms in total. The van der Waals surface area contributed by atoms with E-state index in [0.29, 0.717) is 16.4 Å². The van der Waals surface area contributed by atoms with Crippen LogP contribution in [-0.2, 0) is 11.8 Å². The van der Waals surface area contributed by atoms with Gasteiger partial charge in [-0.05, 0) is 26.0 Å². The van der Waals surface area contributed by atoms with Gasteiger partial charge in [-0.15, -0.1) is 0 Å². The number of pyridine rings is 1. The molecule has 0 unspecified atom stereocenters. The lowest BCUT2D eigenvalue weighted by Gasteiger charge is -2.07. The molecule has 4 aromatic rings. The Labute approximate surface area is 188 Å². The molecule has 3 aromatic heterocycles. The Kier molecular flexibility index (Phi) is 6.09. The minimum Gasteiger partial charge on any atom is -0.462 e. The second-order valence-electron chi connectivity index (χ2n) is 6.93. The van der Waals surface area contributed by atoms with Gasteiger partial charge in [0.25, 0.3) is 5.91 Å². The molecule has 32 heavy (non-hydrogen) atoms. The number of rotatable bonds is 6. The van der Waals surface area contributed by atoms with Gasteiger partial charge >= 0.3 is 5.97 Å². The third kappa shape index (κ3) is 4.28. The zero-order valence-corrected chi connectivity index (χ0v) is 18.6. The fraction of sp³-hybridized carbons (Fsp3) is 0.174. The van der Waals surface area contributed by atoms with Crippen molar-refractivity contribution in [1.82, 2.24) is 19.5 Å². The summed E-state index contributed by atoms with van der Waals surface area (Å²) in [6.07, 6.45) is 3.58. The van der Waals surface area contributed by atoms with Crippen molar-refractivity contribution in [3.05, 3.63) is 71.8 Å². The van der Waals surface area contributed by atoms with Crippen molar-refractivity contribution in [2.75, 3.05) is 11.9 Å². The maximum Gasteiger partial charge on any atom is 0.339 e. The molecule has 3 heterocycles. The van der Waals surface area contributed by atoms with Gasteiger partial charge < -0.3 is 9.30 Å². The molecule has 162 valence electrons. The molecule has 1 aromatic carbocycles. The van der Waals surface area contributed by atoms with Crippen LogP contribution in [0.15, 0.2) is 54.9 Å². The van der Waals surface area contributed by atoms with Crippen molar-refractivity contribution in [3.63, 3.8) is 0 Å². The maximum absolute atomic E-state index is 12.8. The second kappa shape index (κ2) is 9.11. The Morgan fingerprint density at radius 2 is 1.91 bits per heavy atom. The Morgan fingerprint density at radius 3 is 2.56 bits per heavy atom. The number of esters is 1. The molecule has 0 spiro atoms. The molecule has 0 saturated heterocycles. The minimum absolute atomic E-state index is 0.186. The lowest BCUT2D eigenvalue weighted by Crippen LogP contribution is -2.16. The molecule has 9 heteroatoms. The van der Waals surface area contributed by atoms with Gasteiger partial charge in [-0.3, -0.25) is 10.1 Å². The van der Waals surface area contributed by atoms with Crippen molar-refractivity contribution in [2.24, 2.45) is 7.05 Å². The van der Waals surface area contributed by atoms with Crippen LogP contribution in [0.1, 0.15) is 33.5 Å². The van der Waals surface area contributed by atoms with E-state index in [9.17, 15) is 9.59 Å². The van der Waals surface area contributed by atoms with E-state index in [1.165, 1.54) is 17.4 Å². The third-order valence-electron chi connectivity index (χ3n) is 4.73. The molecule has 0 aliphatic rings. The zero-order valence-electron chi connectivity index (χ0n) is 17.8. The molecule has 0 aliphatic carbocycles. The van der Waals surface area contributed by atoms with Crippen molar-refractivity contribution in [3.8, 4) is 22.0 Å². The number of aromatic nitrogens is 4. The molecule has 0 saturated carbocycles. The monoisotopic (exact) mass is 447 g/mol. The number of amides is 1. The van der Waals surface area contributed by atoms with E-state index in [1.54, 1.807) is 26.1 Å². The first-order valence-corrected chi connectivity index (χ1v) is 10.8. The highest BCUT2D eigenvalue weighted by atomic mass is 32.1. The predicted octanol–water partition coefficient (Wildman–Crippen LogP) is 4.34. The van der Waals surface area contributed by atoms with Crippen LogP contribution in [0.3, 0.4) is 0 Å². The average molecular weight is 448 g/mol. The lowest BCUT2D eigenvalue weighted by atomic mass is 10.1. The number of carbonyl (C=O) groups excluding carboxylic acids is 2. The van der Waals surface area contributed by atoms with Gasteiger partial charge in [0.2, 0.25) is 0 Å². The average Bonchev–Trinajstić information content (AvgIpc) is 3.40. The third-order valence-corrected chi connectivity index (χ3v) is 5.70. The molecule has 0 radical (unpaired) electrons. The number of imidazole rings is 1. The summed E-state index contributed by atoms with van der Waals surface area (Å²) in [6, 6.07) is 12.8. The van der Waals surface area contributed by atoms with Crippen molar-refractivity contribution in [1.29, 1.82) is 0 Å². The highest BCUT2D eigenvalue weighted by Crippen LogP contribution is 2.38. The Bertz CT molecular complexity index is 1280. The zero-order chi connectivity index (χ0) is 22.7. The van der Waals surface area contributed by atoms with Gasteiger partial charge in [-0.2, -0.15) is 0 Å². The maximum atomic E-state index is 12.8. The Balaban J connectivity index is 1.64. The van der Waals surface area contributed by atoms with E-state index in [1.807, 2.05) is 48.1 Å². The standard InChI is InChI=1S/C23H21N5O3S/c1-4-31-22(30)16-10-11-17(25-14(16)2)21(29)27-23-26-18(15-8-6-5-7-9-15)19(32-23)20-24-12-13-28(20)3/h5-13H,4H2,1-3H3,(H,26,27,29). The van der Waals surface area contributed by atoms with E-state index in [-0.39, 0.29) is 12.3 Å². The van der Waals surface area contributed by atoms with Crippen LogP contribution in [0.5, 0.6) is 0 Å². The number of hydrogen-bond donors (Lipinski definition) is 1. The van der Waals surface area contributed by atoms with Gasteiger partial charge in [-0.25, -0.2) is 19.7 Å². The van der Waals surface area contributed by atoms with Crippen LogP contribution in [0.4, 0.5) is 5.13 Å². The number of ether oxygens (including phenoxy) is 1. The summed E-state index contributed by atoms with van der Waals surface area (Å²) in [4.78, 5) is 39.0. The van der Waals surface area contributed by atoms with E-state index >= 15 is 0 Å². The van der Waals surface area contributed by atoms with Gasteiger partial charge in [0.15, 0.2) is 11.0 Å². The summed E-state index contributed by atoms with van der Waals surface area (Å²) >= 11 is 1.34. The lowest BCUT2D eigenvalue weighted by molar-refractivity contribution is 0.0524. The van der Waals surface area contributed by atoms with E-state index in [0.717, 1.165) is 22.0 Å². The van der Waals surface area contributed by atoms with Crippen LogP contribution in [0, 0.1) is 6.92 Å². The van der Waals surface area contributed by atoms with Crippen LogP contribution < -0.4 is 5.32 Å². The van der Waals surface area contributed by atoms with E-state index < -0.39 is 11.9 Å². The predicted molar refractivity (Wildman–Crippen MR) is 123 cm³/mol. The normalized spacial score (nSPS) is 10.7. The second-order valence-corrected chi connectivity index (χ2v) is 7.93. The number of anilines is 1. The summed E-state index contributed by atoms with van der Waals surface area (Å²) in [6.45, 7) is 3.67. The fourth-order valence-corrected chi connectivity index (χ4v) is 4.20. The number of nitrogens with one attached hydrogen (secondary N) is 1.